The van der Waals surface area contributed by atoms with Crippen LogP contribution in [-0.2, 0) is 0 Å². The Balaban J connectivity index is 2.41. The minimum Gasteiger partial charge on any atom is -0.390 e. The van der Waals surface area contributed by atoms with Crippen molar-refractivity contribution in [1.29, 1.82) is 0 Å². The first-order valence-corrected chi connectivity index (χ1v) is 7.69. The first-order chi connectivity index (χ1) is 7.97. The van der Waals surface area contributed by atoms with Gasteiger partial charge in [0.2, 0.25) is 0 Å². The van der Waals surface area contributed by atoms with Gasteiger partial charge < -0.3 is 5.11 Å². The maximum absolute atomic E-state index is 10.5. The van der Waals surface area contributed by atoms with Crippen molar-refractivity contribution in [1.82, 2.24) is 0 Å². The second kappa shape index (κ2) is 6.78. The van der Waals surface area contributed by atoms with Crippen LogP contribution >= 0.6 is 0 Å². The summed E-state index contributed by atoms with van der Waals surface area (Å²) in [6.45, 7) is 8.98. The Morgan fingerprint density at radius 2 is 1.94 bits per heavy atom. The van der Waals surface area contributed by atoms with Gasteiger partial charge in [-0.15, -0.1) is 0 Å². The highest BCUT2D eigenvalue weighted by Gasteiger charge is 2.38. The molecule has 1 aliphatic rings. The summed E-state index contributed by atoms with van der Waals surface area (Å²) in [6, 6.07) is 0. The van der Waals surface area contributed by atoms with Crippen LogP contribution in [-0.4, -0.2) is 10.7 Å². The SMILES string of the molecule is CCCCCCC1CC(C(C)C)CCC1(C)O. The third-order valence-corrected chi connectivity index (χ3v) is 4.84. The Morgan fingerprint density at radius 3 is 2.53 bits per heavy atom. The van der Waals surface area contributed by atoms with Gasteiger partial charge in [-0.05, 0) is 50.4 Å². The van der Waals surface area contributed by atoms with Crippen molar-refractivity contribution in [3.05, 3.63) is 0 Å². The molecule has 0 radical (unpaired) electrons. The van der Waals surface area contributed by atoms with Gasteiger partial charge >= 0.3 is 0 Å². The fraction of sp³-hybridized carbons (Fsp3) is 1.00. The van der Waals surface area contributed by atoms with Gasteiger partial charge in [-0.3, -0.25) is 0 Å². The Kier molecular flexibility index (Phi) is 5.99. The van der Waals surface area contributed by atoms with Gasteiger partial charge in [0.15, 0.2) is 0 Å². The molecule has 0 aromatic carbocycles. The van der Waals surface area contributed by atoms with E-state index < -0.39 is 5.60 Å². The molecule has 0 aromatic rings. The van der Waals surface area contributed by atoms with Gasteiger partial charge in [0.1, 0.15) is 0 Å². The van der Waals surface area contributed by atoms with Crippen molar-refractivity contribution in [2.24, 2.45) is 17.8 Å². The molecular weight excluding hydrogens is 208 g/mol. The van der Waals surface area contributed by atoms with Gasteiger partial charge in [-0.25, -0.2) is 0 Å². The van der Waals surface area contributed by atoms with E-state index in [0.717, 1.165) is 18.3 Å². The lowest BCUT2D eigenvalue weighted by Crippen LogP contribution is -2.41. The average molecular weight is 240 g/mol. The lowest BCUT2D eigenvalue weighted by Gasteiger charge is -2.42. The van der Waals surface area contributed by atoms with Crippen LogP contribution < -0.4 is 0 Å². The molecule has 0 bridgehead atoms. The van der Waals surface area contributed by atoms with Crippen molar-refractivity contribution in [3.8, 4) is 0 Å². The standard InChI is InChI=1S/C16H32O/c1-5-6-7-8-9-15-12-14(13(2)3)10-11-16(15,4)17/h13-15,17H,5-12H2,1-4H3. The number of rotatable bonds is 6. The second-order valence-electron chi connectivity index (χ2n) is 6.68. The van der Waals surface area contributed by atoms with E-state index in [9.17, 15) is 5.11 Å². The zero-order valence-electron chi connectivity index (χ0n) is 12.3. The largest absolute Gasteiger partial charge is 0.390 e. The Morgan fingerprint density at radius 1 is 1.24 bits per heavy atom. The summed E-state index contributed by atoms with van der Waals surface area (Å²) >= 11 is 0. The lowest BCUT2D eigenvalue weighted by atomic mass is 9.67. The Hall–Kier alpha value is -0.0400. The van der Waals surface area contributed by atoms with Gasteiger partial charge in [0.05, 0.1) is 5.60 Å². The summed E-state index contributed by atoms with van der Waals surface area (Å²) in [6.07, 6.45) is 10.0. The van der Waals surface area contributed by atoms with Crippen LogP contribution in [0.4, 0.5) is 0 Å². The van der Waals surface area contributed by atoms with Gasteiger partial charge in [0, 0.05) is 0 Å². The third kappa shape index (κ3) is 4.62. The first kappa shape index (κ1) is 15.0. The number of hydrogen-bond acceptors (Lipinski definition) is 1. The van der Waals surface area contributed by atoms with E-state index in [-0.39, 0.29) is 0 Å². The summed E-state index contributed by atoms with van der Waals surface area (Å²) in [7, 11) is 0. The maximum atomic E-state index is 10.5. The Bertz CT molecular complexity index is 208. The van der Waals surface area contributed by atoms with Crippen LogP contribution in [0.1, 0.15) is 79.1 Å². The minimum absolute atomic E-state index is 0.391. The highest BCUT2D eigenvalue weighted by molar-refractivity contribution is 4.89. The normalized spacial score (nSPS) is 34.2. The third-order valence-electron chi connectivity index (χ3n) is 4.84. The highest BCUT2D eigenvalue weighted by Crippen LogP contribution is 2.42. The summed E-state index contributed by atoms with van der Waals surface area (Å²) in [4.78, 5) is 0. The van der Waals surface area contributed by atoms with Crippen molar-refractivity contribution >= 4 is 0 Å². The molecule has 1 fully saturated rings. The molecule has 0 aliphatic heterocycles. The first-order valence-electron chi connectivity index (χ1n) is 7.69. The van der Waals surface area contributed by atoms with Gasteiger partial charge in [0.25, 0.3) is 0 Å². The molecule has 17 heavy (non-hydrogen) atoms. The topological polar surface area (TPSA) is 20.2 Å². The van der Waals surface area contributed by atoms with Gasteiger partial charge in [-0.2, -0.15) is 0 Å². The quantitative estimate of drug-likeness (QED) is 0.662. The van der Waals surface area contributed by atoms with Crippen LogP contribution in [0.25, 0.3) is 0 Å². The molecule has 1 saturated carbocycles. The highest BCUT2D eigenvalue weighted by atomic mass is 16.3. The van der Waals surface area contributed by atoms with E-state index in [2.05, 4.69) is 27.7 Å². The van der Waals surface area contributed by atoms with Crippen LogP contribution in [0.15, 0.2) is 0 Å². The van der Waals surface area contributed by atoms with Crippen LogP contribution in [0.2, 0.25) is 0 Å². The summed E-state index contributed by atoms with van der Waals surface area (Å²) in [5.41, 5.74) is -0.391. The van der Waals surface area contributed by atoms with E-state index in [1.807, 2.05) is 0 Å². The fourth-order valence-electron chi connectivity index (χ4n) is 3.27. The molecular formula is C16H32O. The van der Waals surface area contributed by atoms with Crippen LogP contribution in [0.3, 0.4) is 0 Å². The molecule has 0 saturated heterocycles. The van der Waals surface area contributed by atoms with Crippen LogP contribution in [0.5, 0.6) is 0 Å². The van der Waals surface area contributed by atoms with E-state index in [4.69, 9.17) is 0 Å². The van der Waals surface area contributed by atoms with E-state index >= 15 is 0 Å². The molecule has 1 N–H and O–H groups in total. The number of hydrogen-bond donors (Lipinski definition) is 1. The summed E-state index contributed by atoms with van der Waals surface area (Å²) < 4.78 is 0. The lowest BCUT2D eigenvalue weighted by molar-refractivity contribution is -0.0561. The van der Waals surface area contributed by atoms with Crippen molar-refractivity contribution in [3.63, 3.8) is 0 Å². The predicted octanol–water partition coefficient (Wildman–Crippen LogP) is 4.78. The molecule has 1 heteroatoms. The van der Waals surface area contributed by atoms with E-state index in [1.54, 1.807) is 0 Å². The van der Waals surface area contributed by atoms with Crippen molar-refractivity contribution in [2.75, 3.05) is 0 Å². The molecule has 102 valence electrons. The monoisotopic (exact) mass is 240 g/mol. The van der Waals surface area contributed by atoms with E-state index in [1.165, 1.54) is 44.9 Å². The maximum Gasteiger partial charge on any atom is 0.0648 e. The minimum atomic E-state index is -0.391. The molecule has 1 aliphatic carbocycles. The van der Waals surface area contributed by atoms with E-state index in [0.29, 0.717) is 5.92 Å². The molecule has 0 amide bonds. The van der Waals surface area contributed by atoms with Gasteiger partial charge in [-0.1, -0.05) is 46.5 Å². The molecule has 0 spiro atoms. The predicted molar refractivity (Wildman–Crippen MR) is 75.1 cm³/mol. The molecule has 3 unspecified atom stereocenters. The second-order valence-corrected chi connectivity index (χ2v) is 6.68. The zero-order valence-corrected chi connectivity index (χ0v) is 12.3. The molecule has 3 atom stereocenters. The van der Waals surface area contributed by atoms with Crippen molar-refractivity contribution < 1.29 is 5.11 Å². The number of aliphatic hydroxyl groups is 1. The fourth-order valence-corrected chi connectivity index (χ4v) is 3.27. The summed E-state index contributed by atoms with van der Waals surface area (Å²) in [5, 5.41) is 10.5. The molecule has 1 rings (SSSR count). The molecule has 1 nitrogen and oxygen atoms in total. The zero-order chi connectivity index (χ0) is 12.9. The van der Waals surface area contributed by atoms with Crippen molar-refractivity contribution in [2.45, 2.75) is 84.7 Å². The van der Waals surface area contributed by atoms with Crippen LogP contribution in [0, 0.1) is 17.8 Å². The number of unbranched alkanes of at least 4 members (excludes halogenated alkanes) is 3. The molecule has 0 aromatic heterocycles. The summed E-state index contributed by atoms with van der Waals surface area (Å²) in [5.74, 6) is 2.16. The average Bonchev–Trinajstić information content (AvgIpc) is 2.25. The molecule has 0 heterocycles. The Labute approximate surface area is 108 Å². The smallest absolute Gasteiger partial charge is 0.0648 e.